The fourth-order valence-corrected chi connectivity index (χ4v) is 1.71. The van der Waals surface area contributed by atoms with Crippen LogP contribution in [0.15, 0.2) is 36.7 Å². The second kappa shape index (κ2) is 6.65. The lowest BCUT2D eigenvalue weighted by Gasteiger charge is -2.07. The van der Waals surface area contributed by atoms with E-state index in [0.717, 1.165) is 5.69 Å². The van der Waals surface area contributed by atoms with Crippen molar-refractivity contribution in [2.24, 2.45) is 5.73 Å². The van der Waals surface area contributed by atoms with Gasteiger partial charge in [0.1, 0.15) is 6.33 Å². The molecule has 100 valence electrons. The molecule has 2 aromatic rings. The van der Waals surface area contributed by atoms with Crippen LogP contribution in [-0.4, -0.2) is 27.2 Å². The predicted molar refractivity (Wildman–Crippen MR) is 71.5 cm³/mol. The van der Waals surface area contributed by atoms with Crippen molar-refractivity contribution in [2.45, 2.75) is 19.4 Å². The number of amides is 1. The van der Waals surface area contributed by atoms with Gasteiger partial charge in [0, 0.05) is 12.1 Å². The van der Waals surface area contributed by atoms with Crippen LogP contribution in [-0.2, 0) is 11.3 Å². The van der Waals surface area contributed by atoms with Gasteiger partial charge >= 0.3 is 0 Å². The minimum absolute atomic E-state index is 0.0203. The van der Waals surface area contributed by atoms with E-state index in [2.05, 4.69) is 15.5 Å². The molecular formula is C13H17N5O. The van der Waals surface area contributed by atoms with Crippen molar-refractivity contribution in [1.29, 1.82) is 0 Å². The number of nitrogens with one attached hydrogen (secondary N) is 1. The Labute approximate surface area is 111 Å². The van der Waals surface area contributed by atoms with Crippen LogP contribution in [0.4, 0.5) is 0 Å². The molecule has 0 aliphatic rings. The van der Waals surface area contributed by atoms with Crippen LogP contribution in [0.25, 0.3) is 5.69 Å². The van der Waals surface area contributed by atoms with Crippen molar-refractivity contribution in [3.63, 3.8) is 0 Å². The van der Waals surface area contributed by atoms with Gasteiger partial charge in [-0.15, -0.1) is 10.2 Å². The number of nitrogens with zero attached hydrogens (tertiary/aromatic N) is 3. The summed E-state index contributed by atoms with van der Waals surface area (Å²) in [6.07, 6.45) is 2.77. The summed E-state index contributed by atoms with van der Waals surface area (Å²) in [6, 6.07) is 9.76. The van der Waals surface area contributed by atoms with Gasteiger partial charge in [-0.3, -0.25) is 9.36 Å². The van der Waals surface area contributed by atoms with Crippen molar-refractivity contribution in [1.82, 2.24) is 20.1 Å². The Bertz CT molecular complexity index is 523. The molecule has 0 aliphatic carbocycles. The summed E-state index contributed by atoms with van der Waals surface area (Å²) < 4.78 is 1.85. The lowest BCUT2D eigenvalue weighted by Crippen LogP contribution is -2.24. The third-order valence-corrected chi connectivity index (χ3v) is 2.70. The largest absolute Gasteiger partial charge is 0.349 e. The number of carbonyl (C=O) groups excluding carboxylic acids is 1. The number of hydrogen-bond acceptors (Lipinski definition) is 4. The van der Waals surface area contributed by atoms with E-state index in [1.807, 2.05) is 34.9 Å². The van der Waals surface area contributed by atoms with Crippen molar-refractivity contribution < 1.29 is 4.79 Å². The van der Waals surface area contributed by atoms with Gasteiger partial charge in [-0.1, -0.05) is 18.2 Å². The zero-order chi connectivity index (χ0) is 13.5. The van der Waals surface area contributed by atoms with Crippen molar-refractivity contribution in [2.75, 3.05) is 6.54 Å². The molecule has 0 atom stereocenters. The number of carbonyl (C=O) groups is 1. The van der Waals surface area contributed by atoms with E-state index in [0.29, 0.717) is 31.8 Å². The Hall–Kier alpha value is -2.21. The highest BCUT2D eigenvalue weighted by Crippen LogP contribution is 2.08. The summed E-state index contributed by atoms with van der Waals surface area (Å²) in [6.45, 7) is 0.881. The Morgan fingerprint density at radius 2 is 2.11 bits per heavy atom. The molecular weight excluding hydrogens is 242 g/mol. The van der Waals surface area contributed by atoms with Gasteiger partial charge < -0.3 is 11.1 Å². The quantitative estimate of drug-likeness (QED) is 0.796. The first-order chi connectivity index (χ1) is 9.31. The summed E-state index contributed by atoms with van der Waals surface area (Å²) >= 11 is 0. The number of aromatic nitrogens is 3. The second-order valence-electron chi connectivity index (χ2n) is 4.12. The van der Waals surface area contributed by atoms with E-state index < -0.39 is 0 Å². The smallest absolute Gasteiger partial charge is 0.220 e. The van der Waals surface area contributed by atoms with Crippen LogP contribution >= 0.6 is 0 Å². The standard InChI is InChI=1S/C13H17N5O/c14-8-4-7-13(19)15-9-12-17-16-10-18(12)11-5-2-1-3-6-11/h1-3,5-6,10H,4,7-9,14H2,(H,15,19). The average molecular weight is 259 g/mol. The maximum absolute atomic E-state index is 11.5. The van der Waals surface area contributed by atoms with Gasteiger partial charge in [-0.25, -0.2) is 0 Å². The van der Waals surface area contributed by atoms with Crippen LogP contribution in [0.2, 0.25) is 0 Å². The molecule has 2 rings (SSSR count). The Balaban J connectivity index is 1.99. The van der Waals surface area contributed by atoms with Crippen molar-refractivity contribution in [3.8, 4) is 5.69 Å². The van der Waals surface area contributed by atoms with Crippen LogP contribution < -0.4 is 11.1 Å². The molecule has 3 N–H and O–H groups in total. The topological polar surface area (TPSA) is 85.8 Å². The van der Waals surface area contributed by atoms with Crippen molar-refractivity contribution >= 4 is 5.91 Å². The molecule has 0 saturated carbocycles. The zero-order valence-electron chi connectivity index (χ0n) is 10.6. The Kier molecular flexibility index (Phi) is 4.63. The SMILES string of the molecule is NCCCC(=O)NCc1nncn1-c1ccccc1. The highest BCUT2D eigenvalue weighted by atomic mass is 16.1. The first kappa shape index (κ1) is 13.2. The molecule has 1 aromatic carbocycles. The summed E-state index contributed by atoms with van der Waals surface area (Å²) in [5, 5.41) is 10.7. The second-order valence-corrected chi connectivity index (χ2v) is 4.12. The fraction of sp³-hybridized carbons (Fsp3) is 0.308. The van der Waals surface area contributed by atoms with Crippen LogP contribution in [0.5, 0.6) is 0 Å². The van der Waals surface area contributed by atoms with Crippen molar-refractivity contribution in [3.05, 3.63) is 42.5 Å². The number of rotatable bonds is 6. The van der Waals surface area contributed by atoms with Gasteiger partial charge in [0.15, 0.2) is 5.82 Å². The van der Waals surface area contributed by atoms with E-state index in [4.69, 9.17) is 5.73 Å². The van der Waals surface area contributed by atoms with Crippen LogP contribution in [0.3, 0.4) is 0 Å². The van der Waals surface area contributed by atoms with E-state index in [9.17, 15) is 4.79 Å². The van der Waals surface area contributed by atoms with Crippen LogP contribution in [0.1, 0.15) is 18.7 Å². The van der Waals surface area contributed by atoms with E-state index >= 15 is 0 Å². The Morgan fingerprint density at radius 3 is 2.84 bits per heavy atom. The van der Waals surface area contributed by atoms with E-state index in [1.54, 1.807) is 6.33 Å². The number of nitrogens with two attached hydrogens (primary N) is 1. The maximum atomic E-state index is 11.5. The highest BCUT2D eigenvalue weighted by Gasteiger charge is 2.07. The molecule has 0 spiro atoms. The lowest BCUT2D eigenvalue weighted by atomic mass is 10.3. The lowest BCUT2D eigenvalue weighted by molar-refractivity contribution is -0.121. The summed E-state index contributed by atoms with van der Waals surface area (Å²) in [4.78, 5) is 11.5. The molecule has 0 saturated heterocycles. The van der Waals surface area contributed by atoms with Crippen LogP contribution in [0, 0.1) is 0 Å². The summed E-state index contributed by atoms with van der Waals surface area (Å²) in [5.41, 5.74) is 6.33. The summed E-state index contributed by atoms with van der Waals surface area (Å²) in [5.74, 6) is 0.681. The molecule has 19 heavy (non-hydrogen) atoms. The highest BCUT2D eigenvalue weighted by molar-refractivity contribution is 5.75. The molecule has 0 fully saturated rings. The minimum Gasteiger partial charge on any atom is -0.349 e. The van der Waals surface area contributed by atoms with Gasteiger partial charge in [-0.05, 0) is 25.1 Å². The van der Waals surface area contributed by atoms with Gasteiger partial charge in [0.05, 0.1) is 6.54 Å². The molecule has 6 heteroatoms. The van der Waals surface area contributed by atoms with Gasteiger partial charge in [0.2, 0.25) is 5.91 Å². The minimum atomic E-state index is -0.0203. The van der Waals surface area contributed by atoms with E-state index in [1.165, 1.54) is 0 Å². The summed E-state index contributed by atoms with van der Waals surface area (Å²) in [7, 11) is 0. The molecule has 0 bridgehead atoms. The molecule has 0 radical (unpaired) electrons. The monoisotopic (exact) mass is 259 g/mol. The normalized spacial score (nSPS) is 10.4. The number of para-hydroxylation sites is 1. The zero-order valence-corrected chi connectivity index (χ0v) is 10.6. The van der Waals surface area contributed by atoms with Gasteiger partial charge in [-0.2, -0.15) is 0 Å². The molecule has 1 heterocycles. The first-order valence-corrected chi connectivity index (χ1v) is 6.22. The third kappa shape index (κ3) is 3.62. The predicted octanol–water partition coefficient (Wildman–Crippen LogP) is 0.622. The molecule has 6 nitrogen and oxygen atoms in total. The molecule has 1 amide bonds. The number of benzene rings is 1. The van der Waals surface area contributed by atoms with E-state index in [-0.39, 0.29) is 5.91 Å². The number of hydrogen-bond donors (Lipinski definition) is 2. The average Bonchev–Trinajstić information content (AvgIpc) is 2.92. The molecule has 1 aromatic heterocycles. The Morgan fingerprint density at radius 1 is 1.32 bits per heavy atom. The third-order valence-electron chi connectivity index (χ3n) is 2.70. The van der Waals surface area contributed by atoms with Gasteiger partial charge in [0.25, 0.3) is 0 Å². The fourth-order valence-electron chi connectivity index (χ4n) is 1.71. The molecule has 0 aliphatic heterocycles. The maximum Gasteiger partial charge on any atom is 0.220 e. The first-order valence-electron chi connectivity index (χ1n) is 6.22. The molecule has 0 unspecified atom stereocenters.